The van der Waals surface area contributed by atoms with Gasteiger partial charge in [0.15, 0.2) is 0 Å². The first kappa shape index (κ1) is 75.0. The number of fused-ring (bicyclic) bond motifs is 1. The lowest BCUT2D eigenvalue weighted by molar-refractivity contribution is -0.136. The number of aromatic nitrogens is 3. The molecule has 29 heteroatoms. The first-order valence-corrected chi connectivity index (χ1v) is 38.0. The molecule has 2 atom stereocenters. The van der Waals surface area contributed by atoms with E-state index in [1.165, 1.54) is 46.7 Å². The van der Waals surface area contributed by atoms with Gasteiger partial charge in [-0.3, -0.25) is 43.8 Å². The van der Waals surface area contributed by atoms with E-state index in [0.29, 0.717) is 74.0 Å². The molecule has 10 rings (SSSR count). The van der Waals surface area contributed by atoms with Gasteiger partial charge in [-0.1, -0.05) is 91.9 Å². The van der Waals surface area contributed by atoms with Crippen LogP contribution in [0.1, 0.15) is 127 Å². The fourth-order valence-corrected chi connectivity index (χ4v) is 16.0. The van der Waals surface area contributed by atoms with Crippen molar-refractivity contribution in [1.29, 1.82) is 0 Å². The molecule has 5 aromatic carbocycles. The number of alkyl halides is 3. The Bertz CT molecular complexity index is 4140. The number of imide groups is 2. The minimum absolute atomic E-state index is 0.0238. The van der Waals surface area contributed by atoms with Gasteiger partial charge in [0.05, 0.1) is 54.3 Å². The highest BCUT2D eigenvalue weighted by atomic mass is 35.5. The SMILES string of the molecule is CN(CCCCCCCn1cc(COCCOCCNc2cccc3c2C(=O)N([C@@H]2CCC(=O)NC2=O)C3=O)nn1)CC[C@H](CSc1ccccc1)Nc1ccc(S(=O)(=O)NC(=O)c2ccc(N3CCN(CC4=C(c5ccc(Cl)cc5)CCC(C)(C)C4)CC3)cc2)cc1S(=O)(=O)C(F)(F)F. The molecule has 3 aliphatic heterocycles. The van der Waals surface area contributed by atoms with Crippen LogP contribution < -0.4 is 25.6 Å². The number of aryl methyl sites for hydroxylation is 1. The fourth-order valence-electron chi connectivity index (χ4n) is 12.8. The summed E-state index contributed by atoms with van der Waals surface area (Å²) >= 11 is 7.65. The van der Waals surface area contributed by atoms with Gasteiger partial charge in [-0.15, -0.1) is 16.9 Å². The second-order valence-corrected chi connectivity index (χ2v) is 31.5. The topological polar surface area (TPSA) is 264 Å². The van der Waals surface area contributed by atoms with Gasteiger partial charge < -0.3 is 29.9 Å². The molecule has 2 saturated heterocycles. The van der Waals surface area contributed by atoms with Gasteiger partial charge >= 0.3 is 5.51 Å². The second-order valence-electron chi connectivity index (χ2n) is 26.3. The van der Waals surface area contributed by atoms with Crippen LogP contribution in [-0.2, 0) is 52.1 Å². The first-order chi connectivity index (χ1) is 47.8. The number of benzene rings is 5. The van der Waals surface area contributed by atoms with Gasteiger partial charge in [0.25, 0.3) is 37.6 Å². The number of rotatable bonds is 34. The summed E-state index contributed by atoms with van der Waals surface area (Å²) in [5.41, 5.74) is 0.254. The van der Waals surface area contributed by atoms with Crippen LogP contribution in [0.15, 0.2) is 142 Å². The largest absolute Gasteiger partial charge is 0.501 e. The highest BCUT2D eigenvalue weighted by molar-refractivity contribution is 7.99. The fraction of sp³-hybridized carbons (Fsp3) is 0.451. The number of ether oxygens (including phenoxy) is 2. The van der Waals surface area contributed by atoms with Gasteiger partial charge in [0.2, 0.25) is 11.8 Å². The maximum Gasteiger partial charge on any atom is 0.501 e. The van der Waals surface area contributed by atoms with E-state index in [0.717, 1.165) is 105 Å². The minimum atomic E-state index is -6.13. The van der Waals surface area contributed by atoms with Crippen LogP contribution in [-0.4, -0.2) is 179 Å². The van der Waals surface area contributed by atoms with Crippen LogP contribution in [0.5, 0.6) is 0 Å². The number of carbonyl (C=O) groups excluding carboxylic acids is 5. The number of sulfonamides is 1. The monoisotopic (exact) mass is 1460 g/mol. The normalized spacial score (nSPS) is 17.2. The van der Waals surface area contributed by atoms with Crippen LogP contribution in [0.25, 0.3) is 5.57 Å². The number of anilines is 3. The van der Waals surface area contributed by atoms with Crippen LogP contribution >= 0.6 is 23.4 Å². The Balaban J connectivity index is 0.644. The van der Waals surface area contributed by atoms with Crippen molar-refractivity contribution >= 4 is 95.4 Å². The molecular formula is C71H85ClF3N11O11S3. The minimum Gasteiger partial charge on any atom is -0.382 e. The van der Waals surface area contributed by atoms with Crippen LogP contribution in [0, 0.1) is 5.41 Å². The molecular weight excluding hydrogens is 1370 g/mol. The quantitative estimate of drug-likeness (QED) is 0.0166. The molecule has 536 valence electrons. The highest BCUT2D eigenvalue weighted by Gasteiger charge is 2.49. The molecule has 2 fully saturated rings. The van der Waals surface area contributed by atoms with Crippen LogP contribution in [0.4, 0.5) is 30.2 Å². The Kier molecular flexibility index (Phi) is 25.4. The highest BCUT2D eigenvalue weighted by Crippen LogP contribution is 2.43. The number of piperidine rings is 1. The number of hydrogen-bond acceptors (Lipinski definition) is 19. The van der Waals surface area contributed by atoms with E-state index in [2.05, 4.69) is 66.9 Å². The molecule has 1 aromatic heterocycles. The van der Waals surface area contributed by atoms with Gasteiger partial charge in [0, 0.05) is 90.9 Å². The lowest BCUT2D eigenvalue weighted by Gasteiger charge is -2.39. The van der Waals surface area contributed by atoms with Crippen LogP contribution in [0.3, 0.4) is 0 Å². The number of amides is 5. The zero-order valence-electron chi connectivity index (χ0n) is 56.2. The van der Waals surface area contributed by atoms with E-state index < -0.39 is 82.5 Å². The summed E-state index contributed by atoms with van der Waals surface area (Å²) in [6, 6.07) is 29.4. The molecule has 0 bridgehead atoms. The summed E-state index contributed by atoms with van der Waals surface area (Å²) in [5, 5.41) is 17.5. The number of allylic oxidation sites excluding steroid dienone is 1. The van der Waals surface area contributed by atoms with Gasteiger partial charge in [-0.25, -0.2) is 21.6 Å². The van der Waals surface area contributed by atoms with Gasteiger partial charge in [0.1, 0.15) is 16.6 Å². The molecule has 1 aliphatic carbocycles. The zero-order valence-corrected chi connectivity index (χ0v) is 59.4. The van der Waals surface area contributed by atoms with E-state index in [-0.39, 0.29) is 54.8 Å². The number of halogens is 4. The average molecular weight is 1460 g/mol. The summed E-state index contributed by atoms with van der Waals surface area (Å²) in [5.74, 6) is -3.02. The molecule has 0 saturated carbocycles. The molecule has 4 heterocycles. The molecule has 0 unspecified atom stereocenters. The van der Waals surface area contributed by atoms with Crippen molar-refractivity contribution in [3.8, 4) is 0 Å². The number of carbonyl (C=O) groups is 5. The van der Waals surface area contributed by atoms with Crippen molar-refractivity contribution in [3.63, 3.8) is 0 Å². The number of piperazine rings is 1. The Morgan fingerprint density at radius 2 is 1.55 bits per heavy atom. The van der Waals surface area contributed by atoms with Gasteiger partial charge in [-0.05, 0) is 160 Å². The number of unbranched alkanes of at least 4 members (excludes halogenated alkanes) is 4. The van der Waals surface area contributed by atoms with E-state index in [9.17, 15) is 54.0 Å². The molecule has 5 amide bonds. The number of thioether (sulfide) groups is 1. The lowest BCUT2D eigenvalue weighted by Crippen LogP contribution is -2.54. The molecule has 4 N–H and O–H groups in total. The number of hydrogen-bond donors (Lipinski definition) is 4. The van der Waals surface area contributed by atoms with E-state index in [1.807, 2.05) is 60.4 Å². The van der Waals surface area contributed by atoms with Crippen molar-refractivity contribution in [1.82, 2.24) is 39.7 Å². The van der Waals surface area contributed by atoms with E-state index >= 15 is 0 Å². The molecule has 0 spiro atoms. The number of sulfone groups is 1. The Morgan fingerprint density at radius 1 is 0.820 bits per heavy atom. The predicted octanol–water partition coefficient (Wildman–Crippen LogP) is 10.7. The van der Waals surface area contributed by atoms with E-state index in [4.69, 9.17) is 21.1 Å². The molecule has 0 radical (unpaired) electrons. The summed E-state index contributed by atoms with van der Waals surface area (Å²) in [7, 11) is -9.10. The second kappa shape index (κ2) is 33.9. The van der Waals surface area contributed by atoms with E-state index in [1.54, 1.807) is 28.9 Å². The Hall–Kier alpha value is -7.70. The maximum atomic E-state index is 14.5. The summed E-state index contributed by atoms with van der Waals surface area (Å²) < 4.78 is 113. The number of nitrogens with one attached hydrogen (secondary N) is 4. The predicted molar refractivity (Wildman–Crippen MR) is 377 cm³/mol. The van der Waals surface area contributed by atoms with Gasteiger partial charge in [-0.2, -0.15) is 13.2 Å². The summed E-state index contributed by atoms with van der Waals surface area (Å²) in [6.45, 7) is 11.8. The lowest BCUT2D eigenvalue weighted by atomic mass is 9.73. The average Bonchev–Trinajstić information content (AvgIpc) is 1.30. The molecule has 4 aliphatic rings. The van der Waals surface area contributed by atoms with Crippen molar-refractivity contribution in [2.75, 3.05) is 101 Å². The summed E-state index contributed by atoms with van der Waals surface area (Å²) in [4.78, 5) is 70.6. The molecule has 100 heavy (non-hydrogen) atoms. The Labute approximate surface area is 591 Å². The first-order valence-electron chi connectivity index (χ1n) is 33.6. The third-order valence-electron chi connectivity index (χ3n) is 18.3. The van der Waals surface area contributed by atoms with Crippen molar-refractivity contribution in [2.24, 2.45) is 5.41 Å². The standard InChI is InChI=1S/C71H85ClF3N11O11S3/c1-70(2)31-29-58(49-17-21-52(72)22-18-49)51(44-70)45-83-36-38-84(39-37-83)55-23-19-50(20-24-55)66(88)80-100(94,95)57-25-26-60(63(43-57)99(92,93)71(73,74)75)77-53(48-98-56-13-8-7-9-14-56)30-35-82(3)33-10-5-4-6-11-34-85-46-54(79-81-85)47-97-42-41-96-40-32-76-61-16-12-15-59-65(61)69(91)86(68(59)90)62-27-28-64(87)78-67(62)89/h7-9,12-26,43,46,53,62,76-77H,4-6,10-11,27-42,44-45,47-48H2,1-3H3,(H,80,88)(H,78,87,89)/t53-,62-/m1/s1. The van der Waals surface area contributed by atoms with Crippen LogP contribution in [0.2, 0.25) is 5.02 Å². The Morgan fingerprint density at radius 3 is 2.29 bits per heavy atom. The smallest absolute Gasteiger partial charge is 0.382 e. The van der Waals surface area contributed by atoms with Crippen molar-refractivity contribution in [2.45, 2.75) is 130 Å². The summed E-state index contributed by atoms with van der Waals surface area (Å²) in [6.07, 6.45) is 10.0. The third-order valence-corrected chi connectivity index (χ3v) is 22.6. The zero-order chi connectivity index (χ0) is 71.2. The molecule has 22 nitrogen and oxygen atoms in total. The van der Waals surface area contributed by atoms with Crippen molar-refractivity contribution < 1.29 is 63.5 Å². The maximum absolute atomic E-state index is 14.5. The molecule has 6 aromatic rings. The van der Waals surface area contributed by atoms with Crippen molar-refractivity contribution in [3.05, 3.63) is 160 Å². The number of nitrogens with zero attached hydrogens (tertiary/aromatic N) is 7. The third kappa shape index (κ3) is 19.7.